The summed E-state index contributed by atoms with van der Waals surface area (Å²) in [6, 6.07) is 0. The van der Waals surface area contributed by atoms with Gasteiger partial charge in [0, 0.05) is 22.9 Å². The smallest absolute Gasteiger partial charge is 0.224 e. The number of hydrogen-bond donors (Lipinski definition) is 3. The third-order valence-electron chi connectivity index (χ3n) is 7.41. The van der Waals surface area contributed by atoms with Crippen molar-refractivity contribution in [3.63, 3.8) is 0 Å². The van der Waals surface area contributed by atoms with Crippen molar-refractivity contribution in [1.29, 1.82) is 0 Å². The summed E-state index contributed by atoms with van der Waals surface area (Å²) in [4.78, 5) is 11.8. The molecular weight excluding hydrogens is 292 g/mol. The van der Waals surface area contributed by atoms with Crippen LogP contribution in [0.2, 0.25) is 0 Å². The van der Waals surface area contributed by atoms with Gasteiger partial charge in [0.2, 0.25) is 5.91 Å². The van der Waals surface area contributed by atoms with Gasteiger partial charge >= 0.3 is 0 Å². The SMILES string of the molecule is CC12CCC(=O)NC1=CCC1C2C(O)CC2(C)/C(=N/O)CCC12. The van der Waals surface area contributed by atoms with E-state index in [1.165, 1.54) is 0 Å². The number of rotatable bonds is 0. The van der Waals surface area contributed by atoms with Crippen LogP contribution in [0.1, 0.15) is 52.4 Å². The molecule has 1 heterocycles. The Bertz CT molecular complexity index is 613. The summed E-state index contributed by atoms with van der Waals surface area (Å²) in [6.45, 7) is 4.36. The average Bonchev–Trinajstić information content (AvgIpc) is 2.83. The summed E-state index contributed by atoms with van der Waals surface area (Å²) in [5, 5.41) is 27.0. The number of carbonyl (C=O) groups excluding carboxylic acids is 1. The number of nitrogens with one attached hydrogen (secondary N) is 1. The summed E-state index contributed by atoms with van der Waals surface area (Å²) in [5.41, 5.74) is 1.55. The molecule has 4 aliphatic rings. The topological polar surface area (TPSA) is 81.9 Å². The van der Waals surface area contributed by atoms with Crippen LogP contribution in [0.15, 0.2) is 16.9 Å². The summed E-state index contributed by atoms with van der Waals surface area (Å²) in [7, 11) is 0. The zero-order chi connectivity index (χ0) is 16.4. The lowest BCUT2D eigenvalue weighted by molar-refractivity contribution is -0.129. The van der Waals surface area contributed by atoms with Gasteiger partial charge in [0.1, 0.15) is 0 Å². The Morgan fingerprint density at radius 1 is 1.30 bits per heavy atom. The zero-order valence-corrected chi connectivity index (χ0v) is 13.9. The minimum Gasteiger partial charge on any atom is -0.411 e. The highest BCUT2D eigenvalue weighted by Gasteiger charge is 2.61. The Balaban J connectivity index is 1.75. The number of aliphatic hydroxyl groups excluding tert-OH is 1. The van der Waals surface area contributed by atoms with E-state index in [-0.39, 0.29) is 22.7 Å². The van der Waals surface area contributed by atoms with E-state index in [0.29, 0.717) is 24.7 Å². The lowest BCUT2D eigenvalue weighted by atomic mass is 9.49. The minimum atomic E-state index is -0.417. The number of piperidine rings is 1. The minimum absolute atomic E-state index is 0.0953. The van der Waals surface area contributed by atoms with Crippen LogP contribution in [0.4, 0.5) is 0 Å². The molecule has 3 fully saturated rings. The fourth-order valence-electron chi connectivity index (χ4n) is 6.28. The zero-order valence-electron chi connectivity index (χ0n) is 13.9. The number of nitrogens with zero attached hydrogens (tertiary/aromatic N) is 1. The highest BCUT2D eigenvalue weighted by Crippen LogP contribution is 2.62. The van der Waals surface area contributed by atoms with E-state index in [0.717, 1.165) is 37.1 Å². The molecule has 3 N–H and O–H groups in total. The van der Waals surface area contributed by atoms with E-state index in [4.69, 9.17) is 0 Å². The number of carbonyl (C=O) groups is 1. The van der Waals surface area contributed by atoms with Crippen LogP contribution in [-0.2, 0) is 4.79 Å². The second-order valence-corrected chi connectivity index (χ2v) is 8.39. The third kappa shape index (κ3) is 1.89. The van der Waals surface area contributed by atoms with Gasteiger partial charge in [-0.15, -0.1) is 0 Å². The van der Waals surface area contributed by atoms with Crippen molar-refractivity contribution in [3.8, 4) is 0 Å². The van der Waals surface area contributed by atoms with E-state index >= 15 is 0 Å². The molecule has 126 valence electrons. The second-order valence-electron chi connectivity index (χ2n) is 8.39. The van der Waals surface area contributed by atoms with Gasteiger partial charge in [-0.25, -0.2) is 0 Å². The monoisotopic (exact) mass is 318 g/mol. The molecule has 0 aromatic heterocycles. The van der Waals surface area contributed by atoms with Crippen LogP contribution in [0, 0.1) is 28.6 Å². The van der Waals surface area contributed by atoms with E-state index in [1.54, 1.807) is 0 Å². The Morgan fingerprint density at radius 3 is 2.83 bits per heavy atom. The van der Waals surface area contributed by atoms with E-state index in [1.807, 2.05) is 0 Å². The van der Waals surface area contributed by atoms with Crippen LogP contribution in [-0.4, -0.2) is 28.0 Å². The Hall–Kier alpha value is -1.36. The molecule has 1 aliphatic heterocycles. The first kappa shape index (κ1) is 15.2. The van der Waals surface area contributed by atoms with Crippen LogP contribution < -0.4 is 5.32 Å². The molecule has 6 unspecified atom stereocenters. The molecule has 1 saturated heterocycles. The molecular formula is C18H26N2O3. The number of allylic oxidation sites excluding steroid dienone is 2. The molecule has 5 heteroatoms. The van der Waals surface area contributed by atoms with Gasteiger partial charge in [-0.05, 0) is 49.9 Å². The normalized spacial score (nSPS) is 50.7. The summed E-state index contributed by atoms with van der Waals surface area (Å²) < 4.78 is 0. The first-order valence-electron chi connectivity index (χ1n) is 8.80. The van der Waals surface area contributed by atoms with Gasteiger partial charge in [0.25, 0.3) is 0 Å². The molecule has 23 heavy (non-hydrogen) atoms. The lowest BCUT2D eigenvalue weighted by Gasteiger charge is -2.57. The Labute approximate surface area is 136 Å². The largest absolute Gasteiger partial charge is 0.411 e. The van der Waals surface area contributed by atoms with Gasteiger partial charge in [0.05, 0.1) is 11.8 Å². The average molecular weight is 318 g/mol. The van der Waals surface area contributed by atoms with Crippen molar-refractivity contribution in [2.45, 2.75) is 58.5 Å². The van der Waals surface area contributed by atoms with Crippen LogP contribution >= 0.6 is 0 Å². The van der Waals surface area contributed by atoms with Gasteiger partial charge in [-0.2, -0.15) is 0 Å². The van der Waals surface area contributed by atoms with E-state index < -0.39 is 6.10 Å². The van der Waals surface area contributed by atoms with Crippen LogP contribution in [0.3, 0.4) is 0 Å². The highest BCUT2D eigenvalue weighted by atomic mass is 16.4. The number of amides is 1. The summed E-state index contributed by atoms with van der Waals surface area (Å²) in [6.07, 6.45) is 6.54. The van der Waals surface area contributed by atoms with Crippen LogP contribution in [0.5, 0.6) is 0 Å². The second kappa shape index (κ2) is 4.82. The molecule has 2 saturated carbocycles. The van der Waals surface area contributed by atoms with Crippen molar-refractivity contribution in [3.05, 3.63) is 11.8 Å². The van der Waals surface area contributed by atoms with Crippen molar-refractivity contribution < 1.29 is 15.1 Å². The number of hydrogen-bond acceptors (Lipinski definition) is 4. The standard InChI is InChI=1S/C18H26N2O3/c1-17-8-7-15(22)19-13(17)5-3-10-11-4-6-14(20-23)18(11,2)9-12(21)16(10)17/h5,10-12,16,21,23H,3-4,6-9H2,1-2H3,(H,19,22)/b20-14+. The molecule has 0 spiro atoms. The van der Waals surface area contributed by atoms with Crippen LogP contribution in [0.25, 0.3) is 0 Å². The highest BCUT2D eigenvalue weighted by molar-refractivity contribution is 5.92. The van der Waals surface area contributed by atoms with Crippen molar-refractivity contribution in [1.82, 2.24) is 5.32 Å². The fraction of sp³-hybridized carbons (Fsp3) is 0.778. The molecule has 6 atom stereocenters. The van der Waals surface area contributed by atoms with Gasteiger partial charge in [0.15, 0.2) is 0 Å². The van der Waals surface area contributed by atoms with Crippen molar-refractivity contribution in [2.24, 2.45) is 33.7 Å². The van der Waals surface area contributed by atoms with Gasteiger partial charge in [-0.1, -0.05) is 25.1 Å². The molecule has 5 nitrogen and oxygen atoms in total. The van der Waals surface area contributed by atoms with Crippen molar-refractivity contribution in [2.75, 3.05) is 0 Å². The Morgan fingerprint density at radius 2 is 2.09 bits per heavy atom. The molecule has 0 aromatic rings. The Kier molecular flexibility index (Phi) is 3.18. The predicted molar refractivity (Wildman–Crippen MR) is 85.8 cm³/mol. The third-order valence-corrected chi connectivity index (χ3v) is 7.41. The maximum atomic E-state index is 11.8. The molecule has 0 bridgehead atoms. The van der Waals surface area contributed by atoms with E-state index in [2.05, 4.69) is 30.4 Å². The molecule has 0 aromatic carbocycles. The summed E-state index contributed by atoms with van der Waals surface area (Å²) in [5.74, 6) is 1.12. The van der Waals surface area contributed by atoms with Crippen molar-refractivity contribution >= 4 is 11.6 Å². The maximum absolute atomic E-state index is 11.8. The number of fused-ring (bicyclic) bond motifs is 5. The first-order valence-corrected chi connectivity index (χ1v) is 8.80. The number of oxime groups is 1. The fourth-order valence-corrected chi connectivity index (χ4v) is 6.28. The quantitative estimate of drug-likeness (QED) is 0.474. The molecule has 3 aliphatic carbocycles. The molecule has 4 rings (SSSR count). The molecule has 1 amide bonds. The van der Waals surface area contributed by atoms with E-state index in [9.17, 15) is 15.1 Å². The maximum Gasteiger partial charge on any atom is 0.224 e. The van der Waals surface area contributed by atoms with Gasteiger partial charge in [-0.3, -0.25) is 4.79 Å². The number of aliphatic hydroxyl groups is 1. The summed E-state index contributed by atoms with van der Waals surface area (Å²) >= 11 is 0. The first-order chi connectivity index (χ1) is 10.9. The predicted octanol–water partition coefficient (Wildman–Crippen LogP) is 2.43. The van der Waals surface area contributed by atoms with Gasteiger partial charge < -0.3 is 15.6 Å². The lowest BCUT2D eigenvalue weighted by Crippen LogP contribution is -2.58. The molecule has 0 radical (unpaired) electrons.